The van der Waals surface area contributed by atoms with Gasteiger partial charge in [0.1, 0.15) is 11.2 Å². The van der Waals surface area contributed by atoms with Crippen molar-refractivity contribution in [3.8, 4) is 6.07 Å². The van der Waals surface area contributed by atoms with E-state index in [9.17, 15) is 4.39 Å². The van der Waals surface area contributed by atoms with Crippen LogP contribution in [-0.4, -0.2) is 11.3 Å². The van der Waals surface area contributed by atoms with E-state index in [1.54, 1.807) is 18.2 Å². The summed E-state index contributed by atoms with van der Waals surface area (Å²) in [7, 11) is 0. The zero-order valence-electron chi connectivity index (χ0n) is 8.46. The molecule has 0 saturated carbocycles. The van der Waals surface area contributed by atoms with E-state index in [1.807, 2.05) is 6.07 Å². The van der Waals surface area contributed by atoms with Crippen molar-refractivity contribution < 1.29 is 4.39 Å². The number of hydrogen-bond acceptors (Lipinski definition) is 1. The van der Waals surface area contributed by atoms with Gasteiger partial charge in [-0.25, -0.2) is 4.39 Å². The van der Waals surface area contributed by atoms with Crippen molar-refractivity contribution in [3.05, 3.63) is 41.7 Å². The zero-order valence-corrected chi connectivity index (χ0v) is 9.97. The number of hydrogen-bond donors (Lipinski definition) is 0. The van der Waals surface area contributed by atoms with Crippen molar-refractivity contribution in [1.29, 1.82) is 5.26 Å². The molecule has 0 spiro atoms. The Morgan fingerprint density at radius 1 is 1.44 bits per heavy atom. The van der Waals surface area contributed by atoms with E-state index in [0.29, 0.717) is 12.3 Å². The molecule has 0 N–H and O–H groups in total. The Bertz CT molecular complexity index is 406. The normalized spacial score (nSPS) is 13.2. The second kappa shape index (κ2) is 6.52. The first-order chi connectivity index (χ1) is 7.67. The Morgan fingerprint density at radius 2 is 2.06 bits per heavy atom. The highest BCUT2D eigenvalue weighted by Crippen LogP contribution is 2.22. The summed E-state index contributed by atoms with van der Waals surface area (Å²) in [5, 5.41) is 8.04. The molecular formula is C12H10Cl2FN. The molecule has 0 aliphatic heterocycles. The van der Waals surface area contributed by atoms with Gasteiger partial charge in [-0.1, -0.05) is 18.2 Å². The van der Waals surface area contributed by atoms with Gasteiger partial charge in [-0.2, -0.15) is 5.26 Å². The third-order valence-corrected chi connectivity index (χ3v) is 2.48. The Morgan fingerprint density at radius 3 is 2.56 bits per heavy atom. The van der Waals surface area contributed by atoms with Gasteiger partial charge < -0.3 is 0 Å². The van der Waals surface area contributed by atoms with E-state index in [4.69, 9.17) is 28.5 Å². The fourth-order valence-electron chi connectivity index (χ4n) is 1.31. The van der Waals surface area contributed by atoms with Crippen molar-refractivity contribution in [3.63, 3.8) is 0 Å². The highest BCUT2D eigenvalue weighted by atomic mass is 35.5. The summed E-state index contributed by atoms with van der Waals surface area (Å²) in [5.74, 6) is 0.0403. The first-order valence-corrected chi connectivity index (χ1v) is 5.69. The lowest BCUT2D eigenvalue weighted by Gasteiger charge is -2.07. The molecule has 1 aromatic rings. The van der Waals surface area contributed by atoms with Crippen LogP contribution < -0.4 is 0 Å². The number of rotatable bonds is 4. The molecule has 0 heterocycles. The van der Waals surface area contributed by atoms with Crippen LogP contribution in [0.25, 0.3) is 5.57 Å². The highest BCUT2D eigenvalue weighted by molar-refractivity contribution is 6.23. The van der Waals surface area contributed by atoms with E-state index in [0.717, 1.165) is 11.1 Å². The Kier molecular flexibility index (Phi) is 5.31. The molecule has 0 aromatic heterocycles. The van der Waals surface area contributed by atoms with Crippen molar-refractivity contribution in [2.75, 3.05) is 5.88 Å². The minimum Gasteiger partial charge on any atom is -0.207 e. The van der Waals surface area contributed by atoms with Crippen LogP contribution in [0.4, 0.5) is 4.39 Å². The lowest BCUT2D eigenvalue weighted by atomic mass is 10.0. The van der Waals surface area contributed by atoms with Crippen LogP contribution in [0, 0.1) is 17.1 Å². The van der Waals surface area contributed by atoms with Gasteiger partial charge in [0.25, 0.3) is 0 Å². The molecule has 1 unspecified atom stereocenters. The van der Waals surface area contributed by atoms with E-state index in [1.165, 1.54) is 12.1 Å². The van der Waals surface area contributed by atoms with Gasteiger partial charge in [-0.3, -0.25) is 0 Å². The molecular weight excluding hydrogens is 248 g/mol. The second-order valence-electron chi connectivity index (χ2n) is 3.19. The van der Waals surface area contributed by atoms with Crippen LogP contribution in [0.2, 0.25) is 0 Å². The van der Waals surface area contributed by atoms with Crippen LogP contribution in [0.3, 0.4) is 0 Å². The molecule has 1 aromatic carbocycles. The number of halogens is 3. The SMILES string of the molecule is N#CC(Cl)C/C(=C/CCl)c1ccc(F)cc1. The topological polar surface area (TPSA) is 23.8 Å². The summed E-state index contributed by atoms with van der Waals surface area (Å²) in [5.41, 5.74) is 1.69. The quantitative estimate of drug-likeness (QED) is 0.749. The van der Waals surface area contributed by atoms with E-state index >= 15 is 0 Å². The summed E-state index contributed by atoms with van der Waals surface area (Å²) >= 11 is 11.4. The first kappa shape index (κ1) is 13.0. The van der Waals surface area contributed by atoms with Gasteiger partial charge in [0.2, 0.25) is 0 Å². The average Bonchev–Trinajstić information content (AvgIpc) is 2.29. The molecule has 1 rings (SSSR count). The summed E-state index contributed by atoms with van der Waals surface area (Å²) in [4.78, 5) is 0. The third kappa shape index (κ3) is 3.84. The molecule has 0 bridgehead atoms. The third-order valence-electron chi connectivity index (χ3n) is 2.08. The Hall–Kier alpha value is -1.04. The summed E-state index contributed by atoms with van der Waals surface area (Å²) in [6.07, 6.45) is 2.18. The van der Waals surface area contributed by atoms with Crippen LogP contribution >= 0.6 is 23.2 Å². The zero-order chi connectivity index (χ0) is 12.0. The van der Waals surface area contributed by atoms with Gasteiger partial charge in [0.15, 0.2) is 0 Å². The van der Waals surface area contributed by atoms with Gasteiger partial charge in [0, 0.05) is 12.3 Å². The number of alkyl halides is 2. The molecule has 16 heavy (non-hydrogen) atoms. The van der Waals surface area contributed by atoms with E-state index < -0.39 is 5.38 Å². The molecule has 0 amide bonds. The lowest BCUT2D eigenvalue weighted by Crippen LogP contribution is -1.97. The first-order valence-electron chi connectivity index (χ1n) is 4.72. The predicted molar refractivity (Wildman–Crippen MR) is 65.0 cm³/mol. The lowest BCUT2D eigenvalue weighted by molar-refractivity contribution is 0.627. The maximum absolute atomic E-state index is 12.7. The van der Waals surface area contributed by atoms with Gasteiger partial charge >= 0.3 is 0 Å². The predicted octanol–water partition coefficient (Wildman–Crippen LogP) is 3.97. The number of nitrogens with zero attached hydrogens (tertiary/aromatic N) is 1. The van der Waals surface area contributed by atoms with Crippen molar-refractivity contribution in [2.24, 2.45) is 0 Å². The molecule has 0 radical (unpaired) electrons. The molecule has 0 fully saturated rings. The molecule has 84 valence electrons. The van der Waals surface area contributed by atoms with Crippen molar-refractivity contribution in [1.82, 2.24) is 0 Å². The van der Waals surface area contributed by atoms with Crippen LogP contribution in [0.5, 0.6) is 0 Å². The number of nitriles is 1. The Labute approximate surface area is 104 Å². The maximum atomic E-state index is 12.7. The standard InChI is InChI=1S/C12H10Cl2FN/c13-6-5-10(7-11(14)8-16)9-1-3-12(15)4-2-9/h1-5,11H,6-7H2/b10-5-. The van der Waals surface area contributed by atoms with E-state index in [2.05, 4.69) is 0 Å². The van der Waals surface area contributed by atoms with Crippen molar-refractivity contribution in [2.45, 2.75) is 11.8 Å². The van der Waals surface area contributed by atoms with Gasteiger partial charge in [0.05, 0.1) is 6.07 Å². The summed E-state index contributed by atoms with van der Waals surface area (Å²) in [6.45, 7) is 0. The van der Waals surface area contributed by atoms with Gasteiger partial charge in [-0.15, -0.1) is 23.2 Å². The number of benzene rings is 1. The minimum absolute atomic E-state index is 0.295. The fraction of sp³-hybridized carbons (Fsp3) is 0.250. The summed E-state index contributed by atoms with van der Waals surface area (Å²) < 4.78 is 12.7. The highest BCUT2D eigenvalue weighted by Gasteiger charge is 2.08. The van der Waals surface area contributed by atoms with Gasteiger partial charge in [-0.05, 0) is 23.3 Å². The molecule has 1 atom stereocenters. The van der Waals surface area contributed by atoms with Crippen LogP contribution in [-0.2, 0) is 0 Å². The van der Waals surface area contributed by atoms with E-state index in [-0.39, 0.29) is 5.82 Å². The second-order valence-corrected chi connectivity index (χ2v) is 4.03. The molecule has 4 heteroatoms. The van der Waals surface area contributed by atoms with Crippen molar-refractivity contribution >= 4 is 28.8 Å². The van der Waals surface area contributed by atoms with Crippen LogP contribution in [0.15, 0.2) is 30.3 Å². The molecule has 1 nitrogen and oxygen atoms in total. The monoisotopic (exact) mass is 257 g/mol. The largest absolute Gasteiger partial charge is 0.207 e. The summed E-state index contributed by atoms with van der Waals surface area (Å²) in [6, 6.07) is 7.97. The molecule has 0 aliphatic rings. The average molecular weight is 258 g/mol. The molecule has 0 saturated heterocycles. The smallest absolute Gasteiger partial charge is 0.124 e. The number of allylic oxidation sites excluding steroid dienone is 2. The minimum atomic E-state index is -0.598. The van der Waals surface area contributed by atoms with Crippen LogP contribution in [0.1, 0.15) is 12.0 Å². The maximum Gasteiger partial charge on any atom is 0.124 e. The molecule has 0 aliphatic carbocycles. The fourth-order valence-corrected chi connectivity index (χ4v) is 1.67. The Balaban J connectivity index is 2.91.